The molecule has 0 aliphatic rings. The molecule has 0 radical (unpaired) electrons. The lowest BCUT2D eigenvalue weighted by Gasteiger charge is -2.09. The monoisotopic (exact) mass is 257 g/mol. The van der Waals surface area contributed by atoms with Gasteiger partial charge in [0.05, 0.1) is 10.5 Å². The summed E-state index contributed by atoms with van der Waals surface area (Å²) in [7, 11) is 0. The molecule has 0 atom stereocenters. The Balaban J connectivity index is 3.43. The van der Waals surface area contributed by atoms with Gasteiger partial charge in [0.25, 0.3) is 5.69 Å². The highest BCUT2D eigenvalue weighted by atomic mass is 35.5. The Morgan fingerprint density at radius 2 is 1.93 bits per heavy atom. The molecule has 1 aromatic carbocycles. The van der Waals surface area contributed by atoms with Gasteiger partial charge in [-0.25, -0.2) is 0 Å². The second kappa shape index (κ2) is 3.90. The van der Waals surface area contributed by atoms with Crippen molar-refractivity contribution in [2.75, 3.05) is 0 Å². The number of hydrogen-bond donors (Lipinski definition) is 1. The van der Waals surface area contributed by atoms with Gasteiger partial charge in [0.2, 0.25) is 0 Å². The summed E-state index contributed by atoms with van der Waals surface area (Å²) < 4.78 is 36.9. The van der Waals surface area contributed by atoms with Gasteiger partial charge < -0.3 is 0 Å². The Kier molecular flexibility index (Phi) is 3.15. The number of nitro benzene ring substituents is 1. The van der Waals surface area contributed by atoms with Crippen molar-refractivity contribution in [3.05, 3.63) is 32.8 Å². The van der Waals surface area contributed by atoms with Crippen LogP contribution in [0.1, 0.15) is 5.56 Å². The van der Waals surface area contributed by atoms with Crippen LogP contribution in [0.3, 0.4) is 0 Å². The first kappa shape index (κ1) is 12.1. The quantitative estimate of drug-likeness (QED) is 0.475. The number of halogens is 4. The van der Waals surface area contributed by atoms with Crippen LogP contribution in [0.5, 0.6) is 0 Å². The molecule has 1 rings (SSSR count). The van der Waals surface area contributed by atoms with E-state index in [0.29, 0.717) is 6.07 Å². The Morgan fingerprint density at radius 3 is 2.33 bits per heavy atom. The van der Waals surface area contributed by atoms with Gasteiger partial charge in [-0.05, 0) is 6.07 Å². The maximum Gasteiger partial charge on any atom is 0.417 e. The molecule has 15 heavy (non-hydrogen) atoms. The van der Waals surface area contributed by atoms with Crippen molar-refractivity contribution in [1.29, 1.82) is 0 Å². The summed E-state index contributed by atoms with van der Waals surface area (Å²) in [5.74, 6) is 0. The number of nitro groups is 1. The summed E-state index contributed by atoms with van der Waals surface area (Å²) in [5.41, 5.74) is -1.97. The van der Waals surface area contributed by atoms with Crippen LogP contribution in [0.25, 0.3) is 0 Å². The van der Waals surface area contributed by atoms with E-state index < -0.39 is 27.2 Å². The van der Waals surface area contributed by atoms with Crippen LogP contribution in [-0.4, -0.2) is 4.92 Å². The van der Waals surface area contributed by atoms with Crippen molar-refractivity contribution in [2.45, 2.75) is 11.1 Å². The van der Waals surface area contributed by atoms with E-state index in [4.69, 9.17) is 11.6 Å². The summed E-state index contributed by atoms with van der Waals surface area (Å²) in [6, 6.07) is 1.16. The number of nitrogens with zero attached hydrogens (tertiary/aromatic N) is 1. The highest BCUT2D eigenvalue weighted by Gasteiger charge is 2.35. The smallest absolute Gasteiger partial charge is 0.258 e. The average molecular weight is 258 g/mol. The molecule has 0 saturated heterocycles. The van der Waals surface area contributed by atoms with E-state index in [1.165, 1.54) is 0 Å². The molecule has 0 unspecified atom stereocenters. The summed E-state index contributed by atoms with van der Waals surface area (Å²) in [6.07, 6.45) is -4.69. The third kappa shape index (κ3) is 2.54. The van der Waals surface area contributed by atoms with Gasteiger partial charge in [-0.1, -0.05) is 11.6 Å². The van der Waals surface area contributed by atoms with Crippen molar-refractivity contribution in [1.82, 2.24) is 0 Å². The second-order valence-corrected chi connectivity index (χ2v) is 3.46. The van der Waals surface area contributed by atoms with Gasteiger partial charge >= 0.3 is 6.18 Å². The van der Waals surface area contributed by atoms with Crippen LogP contribution in [0.15, 0.2) is 17.0 Å². The molecule has 82 valence electrons. The van der Waals surface area contributed by atoms with E-state index in [0.717, 1.165) is 6.07 Å². The topological polar surface area (TPSA) is 43.1 Å². The lowest BCUT2D eigenvalue weighted by atomic mass is 10.2. The van der Waals surface area contributed by atoms with Crippen molar-refractivity contribution in [3.63, 3.8) is 0 Å². The molecule has 0 aliphatic heterocycles. The summed E-state index contributed by atoms with van der Waals surface area (Å²) in [5, 5.41) is 9.96. The molecular weight excluding hydrogens is 255 g/mol. The van der Waals surface area contributed by atoms with Gasteiger partial charge in [-0.2, -0.15) is 13.2 Å². The van der Waals surface area contributed by atoms with E-state index in [9.17, 15) is 23.3 Å². The fourth-order valence-corrected chi connectivity index (χ4v) is 1.55. The largest absolute Gasteiger partial charge is 0.417 e. The number of alkyl halides is 3. The van der Waals surface area contributed by atoms with Crippen LogP contribution in [-0.2, 0) is 6.18 Å². The molecular formula is C7H3ClF3NO2S. The molecule has 8 heteroatoms. The molecule has 0 spiro atoms. The number of benzene rings is 1. The van der Waals surface area contributed by atoms with Gasteiger partial charge in [0.1, 0.15) is 5.02 Å². The third-order valence-electron chi connectivity index (χ3n) is 1.57. The van der Waals surface area contributed by atoms with Gasteiger partial charge in [-0.3, -0.25) is 10.1 Å². The highest BCUT2D eigenvalue weighted by molar-refractivity contribution is 7.80. The Labute approximate surface area is 92.4 Å². The average Bonchev–Trinajstić information content (AvgIpc) is 2.00. The first-order valence-electron chi connectivity index (χ1n) is 3.47. The standard InChI is InChI=1S/C7H3ClF3NO2S/c8-4-2-6(15)3(7(9,10)11)1-5(4)12(13)14/h1-2,15H. The maximum atomic E-state index is 12.3. The van der Waals surface area contributed by atoms with Crippen LogP contribution >= 0.6 is 24.2 Å². The molecule has 3 nitrogen and oxygen atoms in total. The zero-order valence-electron chi connectivity index (χ0n) is 6.88. The van der Waals surface area contributed by atoms with Crippen LogP contribution in [0, 0.1) is 10.1 Å². The van der Waals surface area contributed by atoms with E-state index in [2.05, 4.69) is 12.6 Å². The van der Waals surface area contributed by atoms with Crippen molar-refractivity contribution in [2.24, 2.45) is 0 Å². The molecule has 0 aliphatic carbocycles. The lowest BCUT2D eigenvalue weighted by molar-refractivity contribution is -0.385. The van der Waals surface area contributed by atoms with E-state index >= 15 is 0 Å². The molecule has 1 aromatic rings. The minimum atomic E-state index is -4.69. The minimum absolute atomic E-state index is 0.366. The minimum Gasteiger partial charge on any atom is -0.258 e. The third-order valence-corrected chi connectivity index (χ3v) is 2.24. The van der Waals surface area contributed by atoms with Crippen LogP contribution in [0.4, 0.5) is 18.9 Å². The van der Waals surface area contributed by atoms with Crippen molar-refractivity contribution >= 4 is 29.9 Å². The van der Waals surface area contributed by atoms with Gasteiger partial charge in [-0.15, -0.1) is 12.6 Å². The predicted molar refractivity (Wildman–Crippen MR) is 50.4 cm³/mol. The zero-order valence-corrected chi connectivity index (χ0v) is 8.53. The van der Waals surface area contributed by atoms with Crippen LogP contribution in [0.2, 0.25) is 5.02 Å². The van der Waals surface area contributed by atoms with E-state index in [-0.39, 0.29) is 5.02 Å². The molecule has 0 fully saturated rings. The lowest BCUT2D eigenvalue weighted by Crippen LogP contribution is -2.07. The number of hydrogen-bond acceptors (Lipinski definition) is 3. The number of rotatable bonds is 1. The Morgan fingerprint density at radius 1 is 1.40 bits per heavy atom. The zero-order chi connectivity index (χ0) is 11.8. The van der Waals surface area contributed by atoms with E-state index in [1.54, 1.807) is 0 Å². The van der Waals surface area contributed by atoms with Gasteiger partial charge in [0, 0.05) is 11.0 Å². The maximum absolute atomic E-state index is 12.3. The predicted octanol–water partition coefficient (Wildman–Crippen LogP) is 3.56. The molecule has 0 N–H and O–H groups in total. The highest BCUT2D eigenvalue weighted by Crippen LogP contribution is 2.38. The summed E-state index contributed by atoms with van der Waals surface area (Å²) >= 11 is 8.94. The Bertz CT molecular complexity index is 421. The second-order valence-electron chi connectivity index (χ2n) is 2.58. The first-order chi connectivity index (χ1) is 6.73. The van der Waals surface area contributed by atoms with Crippen molar-refractivity contribution in [3.8, 4) is 0 Å². The molecule has 0 saturated carbocycles. The first-order valence-corrected chi connectivity index (χ1v) is 4.30. The van der Waals surface area contributed by atoms with E-state index in [1.807, 2.05) is 0 Å². The van der Waals surface area contributed by atoms with Gasteiger partial charge in [0.15, 0.2) is 0 Å². The fraction of sp³-hybridized carbons (Fsp3) is 0.143. The summed E-state index contributed by atoms with van der Waals surface area (Å²) in [6.45, 7) is 0. The fourth-order valence-electron chi connectivity index (χ4n) is 0.918. The SMILES string of the molecule is O=[N+]([O-])c1cc(C(F)(F)F)c(S)cc1Cl. The molecule has 0 amide bonds. The molecule has 0 heterocycles. The van der Waals surface area contributed by atoms with Crippen LogP contribution < -0.4 is 0 Å². The number of thiol groups is 1. The Hall–Kier alpha value is -0.950. The molecule has 0 bridgehead atoms. The molecule has 0 aromatic heterocycles. The normalized spacial score (nSPS) is 11.5. The summed E-state index contributed by atoms with van der Waals surface area (Å²) in [4.78, 5) is 8.91. The van der Waals surface area contributed by atoms with Crippen molar-refractivity contribution < 1.29 is 18.1 Å².